The van der Waals surface area contributed by atoms with Crippen molar-refractivity contribution < 1.29 is 23.9 Å². The standard InChI is InChI=1S/C26H21ClN2O5/c1-16-5-3-4-6-22(16)29-25(31)21(24(30)28-26(29)32)13-18-9-12-20(33-2)14-23(18)34-15-17-7-10-19(27)11-8-17/h3-14H,15H2,1-2H3,(H,28,30,32)/b21-13+. The Balaban J connectivity index is 1.69. The van der Waals surface area contributed by atoms with Crippen LogP contribution in [0, 0.1) is 6.92 Å². The summed E-state index contributed by atoms with van der Waals surface area (Å²) >= 11 is 5.94. The number of hydrogen-bond donors (Lipinski definition) is 1. The zero-order valence-electron chi connectivity index (χ0n) is 18.5. The number of anilines is 1. The van der Waals surface area contributed by atoms with Gasteiger partial charge in [-0.1, -0.05) is 41.9 Å². The molecule has 0 aromatic heterocycles. The van der Waals surface area contributed by atoms with Crippen LogP contribution in [0.25, 0.3) is 6.08 Å². The molecular weight excluding hydrogens is 456 g/mol. The van der Waals surface area contributed by atoms with E-state index >= 15 is 0 Å². The molecule has 0 aliphatic carbocycles. The predicted octanol–water partition coefficient (Wildman–Crippen LogP) is 4.90. The summed E-state index contributed by atoms with van der Waals surface area (Å²) in [6, 6.07) is 18.4. The SMILES string of the molecule is COc1ccc(/C=C2\C(=O)NC(=O)N(c3ccccc3C)C2=O)c(OCc2ccc(Cl)cc2)c1. The molecule has 172 valence electrons. The summed E-state index contributed by atoms with van der Waals surface area (Å²) in [6.07, 6.45) is 1.41. The maximum atomic E-state index is 13.2. The average Bonchev–Trinajstić information content (AvgIpc) is 2.83. The van der Waals surface area contributed by atoms with Crippen molar-refractivity contribution >= 4 is 41.2 Å². The normalized spacial score (nSPS) is 14.9. The number of imide groups is 2. The van der Waals surface area contributed by atoms with Crippen LogP contribution < -0.4 is 19.7 Å². The molecule has 1 aliphatic rings. The Kier molecular flexibility index (Phi) is 6.65. The summed E-state index contributed by atoms with van der Waals surface area (Å²) in [6.45, 7) is 2.01. The number of carbonyl (C=O) groups is 3. The van der Waals surface area contributed by atoms with E-state index in [-0.39, 0.29) is 12.2 Å². The highest BCUT2D eigenvalue weighted by Crippen LogP contribution is 2.30. The smallest absolute Gasteiger partial charge is 0.335 e. The summed E-state index contributed by atoms with van der Waals surface area (Å²) in [5.74, 6) is -0.548. The summed E-state index contributed by atoms with van der Waals surface area (Å²) < 4.78 is 11.3. The molecule has 8 heteroatoms. The molecule has 4 rings (SSSR count). The first-order chi connectivity index (χ1) is 16.4. The fourth-order valence-electron chi connectivity index (χ4n) is 3.47. The zero-order chi connectivity index (χ0) is 24.2. The zero-order valence-corrected chi connectivity index (χ0v) is 19.3. The van der Waals surface area contributed by atoms with Crippen molar-refractivity contribution in [1.29, 1.82) is 0 Å². The fourth-order valence-corrected chi connectivity index (χ4v) is 3.60. The molecule has 0 radical (unpaired) electrons. The summed E-state index contributed by atoms with van der Waals surface area (Å²) in [5, 5.41) is 2.86. The van der Waals surface area contributed by atoms with E-state index in [1.807, 2.05) is 12.1 Å². The number of nitrogens with zero attached hydrogens (tertiary/aromatic N) is 1. The topological polar surface area (TPSA) is 84.9 Å². The van der Waals surface area contributed by atoms with Crippen LogP contribution in [0.3, 0.4) is 0 Å². The molecular formula is C26H21ClN2O5. The highest BCUT2D eigenvalue weighted by Gasteiger charge is 2.37. The number of amides is 4. The van der Waals surface area contributed by atoms with Gasteiger partial charge in [-0.2, -0.15) is 0 Å². The van der Waals surface area contributed by atoms with E-state index in [1.165, 1.54) is 13.2 Å². The Morgan fingerprint density at radius 1 is 1.00 bits per heavy atom. The van der Waals surface area contributed by atoms with Gasteiger partial charge in [-0.3, -0.25) is 14.9 Å². The van der Waals surface area contributed by atoms with Gasteiger partial charge >= 0.3 is 6.03 Å². The van der Waals surface area contributed by atoms with Crippen LogP contribution in [0.4, 0.5) is 10.5 Å². The number of methoxy groups -OCH3 is 1. The van der Waals surface area contributed by atoms with Gasteiger partial charge in [-0.25, -0.2) is 9.69 Å². The monoisotopic (exact) mass is 476 g/mol. The van der Waals surface area contributed by atoms with E-state index in [0.29, 0.717) is 27.8 Å². The second-order valence-corrected chi connectivity index (χ2v) is 8.00. The summed E-state index contributed by atoms with van der Waals surface area (Å²) in [5.41, 5.74) is 2.29. The van der Waals surface area contributed by atoms with Crippen molar-refractivity contribution in [1.82, 2.24) is 5.32 Å². The quantitative estimate of drug-likeness (QED) is 0.404. The number of ether oxygens (including phenoxy) is 2. The van der Waals surface area contributed by atoms with Gasteiger partial charge in [0.25, 0.3) is 11.8 Å². The number of benzene rings is 3. The molecule has 1 saturated heterocycles. The van der Waals surface area contributed by atoms with Crippen LogP contribution >= 0.6 is 11.6 Å². The molecule has 1 N–H and O–H groups in total. The third kappa shape index (κ3) is 4.79. The van der Waals surface area contributed by atoms with Crippen molar-refractivity contribution in [2.75, 3.05) is 12.0 Å². The van der Waals surface area contributed by atoms with Gasteiger partial charge in [0.05, 0.1) is 12.8 Å². The first-order valence-corrected chi connectivity index (χ1v) is 10.8. The number of barbiturate groups is 1. The number of halogens is 1. The molecule has 0 spiro atoms. The second-order valence-electron chi connectivity index (χ2n) is 7.56. The second kappa shape index (κ2) is 9.80. The summed E-state index contributed by atoms with van der Waals surface area (Å²) in [4.78, 5) is 39.3. The van der Waals surface area contributed by atoms with Gasteiger partial charge in [-0.15, -0.1) is 0 Å². The first-order valence-electron chi connectivity index (χ1n) is 10.4. The maximum absolute atomic E-state index is 13.2. The van der Waals surface area contributed by atoms with Crippen molar-refractivity contribution in [3.05, 3.63) is 94.0 Å². The number of rotatable bonds is 6. The van der Waals surface area contributed by atoms with Gasteiger partial charge in [0.15, 0.2) is 0 Å². The van der Waals surface area contributed by atoms with Crippen LogP contribution in [-0.4, -0.2) is 25.0 Å². The van der Waals surface area contributed by atoms with Gasteiger partial charge < -0.3 is 9.47 Å². The van der Waals surface area contributed by atoms with E-state index in [4.69, 9.17) is 21.1 Å². The van der Waals surface area contributed by atoms with Gasteiger partial charge in [-0.05, 0) is 54.5 Å². The van der Waals surface area contributed by atoms with Gasteiger partial charge in [0.1, 0.15) is 23.7 Å². The first kappa shape index (κ1) is 23.1. The minimum absolute atomic E-state index is 0.190. The maximum Gasteiger partial charge on any atom is 0.335 e. The molecule has 1 aliphatic heterocycles. The molecule has 1 fully saturated rings. The van der Waals surface area contributed by atoms with Crippen molar-refractivity contribution in [3.8, 4) is 11.5 Å². The van der Waals surface area contributed by atoms with Crippen LogP contribution in [-0.2, 0) is 16.2 Å². The molecule has 0 atom stereocenters. The predicted molar refractivity (Wildman–Crippen MR) is 129 cm³/mol. The molecule has 7 nitrogen and oxygen atoms in total. The van der Waals surface area contributed by atoms with E-state index in [2.05, 4.69) is 5.32 Å². The number of carbonyl (C=O) groups excluding carboxylic acids is 3. The Labute approximate surface area is 201 Å². The average molecular weight is 477 g/mol. The number of nitrogens with one attached hydrogen (secondary N) is 1. The van der Waals surface area contributed by atoms with E-state index in [9.17, 15) is 14.4 Å². The molecule has 4 amide bonds. The lowest BCUT2D eigenvalue weighted by molar-refractivity contribution is -0.122. The molecule has 0 unspecified atom stereocenters. The van der Waals surface area contributed by atoms with Crippen molar-refractivity contribution in [3.63, 3.8) is 0 Å². The Bertz CT molecular complexity index is 1300. The molecule has 0 bridgehead atoms. The van der Waals surface area contributed by atoms with E-state index in [1.54, 1.807) is 61.5 Å². The van der Waals surface area contributed by atoms with Gasteiger partial charge in [0, 0.05) is 16.7 Å². The van der Waals surface area contributed by atoms with Crippen molar-refractivity contribution in [2.45, 2.75) is 13.5 Å². The molecule has 34 heavy (non-hydrogen) atoms. The molecule has 3 aromatic carbocycles. The minimum atomic E-state index is -0.796. The lowest BCUT2D eigenvalue weighted by Gasteiger charge is -2.27. The third-order valence-corrected chi connectivity index (χ3v) is 5.54. The number of aryl methyl sites for hydroxylation is 1. The summed E-state index contributed by atoms with van der Waals surface area (Å²) in [7, 11) is 1.53. The lowest BCUT2D eigenvalue weighted by atomic mass is 10.0. The van der Waals surface area contributed by atoms with Crippen molar-refractivity contribution in [2.24, 2.45) is 0 Å². The molecule has 0 saturated carbocycles. The fraction of sp³-hybridized carbons (Fsp3) is 0.115. The lowest BCUT2D eigenvalue weighted by Crippen LogP contribution is -2.54. The molecule has 3 aromatic rings. The number of urea groups is 1. The molecule has 1 heterocycles. The van der Waals surface area contributed by atoms with Crippen LogP contribution in [0.5, 0.6) is 11.5 Å². The Morgan fingerprint density at radius 2 is 1.74 bits per heavy atom. The Morgan fingerprint density at radius 3 is 2.44 bits per heavy atom. The van der Waals surface area contributed by atoms with Crippen LogP contribution in [0.1, 0.15) is 16.7 Å². The van der Waals surface area contributed by atoms with E-state index < -0.39 is 17.8 Å². The van der Waals surface area contributed by atoms with Crippen LogP contribution in [0.15, 0.2) is 72.3 Å². The number of hydrogen-bond acceptors (Lipinski definition) is 5. The minimum Gasteiger partial charge on any atom is -0.497 e. The van der Waals surface area contributed by atoms with Gasteiger partial charge in [0.2, 0.25) is 0 Å². The van der Waals surface area contributed by atoms with Crippen LogP contribution in [0.2, 0.25) is 5.02 Å². The highest BCUT2D eigenvalue weighted by molar-refractivity contribution is 6.39. The Hall–Kier alpha value is -4.10. The highest BCUT2D eigenvalue weighted by atomic mass is 35.5. The third-order valence-electron chi connectivity index (χ3n) is 5.29. The van der Waals surface area contributed by atoms with E-state index in [0.717, 1.165) is 16.0 Å². The largest absolute Gasteiger partial charge is 0.497 e. The number of para-hydroxylation sites is 1.